The Balaban J connectivity index is 2.51. The van der Waals surface area contributed by atoms with Gasteiger partial charge in [-0.05, 0) is 12.5 Å². The van der Waals surface area contributed by atoms with E-state index < -0.39 is 4.92 Å². The summed E-state index contributed by atoms with van der Waals surface area (Å²) in [6.45, 7) is 2.30. The molecule has 0 saturated carbocycles. The molecule has 0 aliphatic carbocycles. The molecule has 1 heterocycles. The second kappa shape index (κ2) is 5.70. The van der Waals surface area contributed by atoms with Crippen molar-refractivity contribution in [2.24, 2.45) is 0 Å². The van der Waals surface area contributed by atoms with Gasteiger partial charge in [0.25, 0.3) is 11.6 Å². The van der Waals surface area contributed by atoms with Crippen LogP contribution in [0, 0.1) is 10.1 Å². The molecule has 0 radical (unpaired) electrons. The summed E-state index contributed by atoms with van der Waals surface area (Å²) in [4.78, 5) is 22.4. The van der Waals surface area contributed by atoms with Crippen LogP contribution >= 0.6 is 11.3 Å². The average molecular weight is 291 g/mol. The predicted molar refractivity (Wildman–Crippen MR) is 78.8 cm³/mol. The summed E-state index contributed by atoms with van der Waals surface area (Å²) in [5.74, 6) is -0.271. The fraction of sp³-hybridized carbons (Fsp3) is 0.154. The van der Waals surface area contributed by atoms with Crippen molar-refractivity contribution in [1.82, 2.24) is 5.32 Å². The number of nitro groups is 1. The van der Waals surface area contributed by atoms with Crippen molar-refractivity contribution in [3.05, 3.63) is 45.3 Å². The summed E-state index contributed by atoms with van der Waals surface area (Å²) >= 11 is 1.24. The third kappa shape index (κ3) is 2.62. The lowest BCUT2D eigenvalue weighted by molar-refractivity contribution is -0.384. The number of carbonyl (C=O) groups excluding carboxylic acids is 1. The van der Waals surface area contributed by atoms with E-state index in [1.807, 2.05) is 6.92 Å². The first kappa shape index (κ1) is 14.0. The van der Waals surface area contributed by atoms with Gasteiger partial charge in [-0.25, -0.2) is 0 Å². The largest absolute Gasteiger partial charge is 0.390 e. The Morgan fingerprint density at radius 1 is 1.50 bits per heavy atom. The lowest BCUT2D eigenvalue weighted by Gasteiger charge is -2.06. The molecule has 104 valence electrons. The molecular weight excluding hydrogens is 278 g/mol. The maximum absolute atomic E-state index is 12.0. The molecule has 0 fully saturated rings. The van der Waals surface area contributed by atoms with Crippen LogP contribution < -0.4 is 11.1 Å². The van der Waals surface area contributed by atoms with E-state index in [0.29, 0.717) is 28.2 Å². The summed E-state index contributed by atoms with van der Waals surface area (Å²) in [5, 5.41) is 15.6. The molecule has 0 unspecified atom stereocenters. The van der Waals surface area contributed by atoms with E-state index in [4.69, 9.17) is 5.73 Å². The van der Waals surface area contributed by atoms with Crippen LogP contribution in [0.5, 0.6) is 0 Å². The maximum Gasteiger partial charge on any atom is 0.270 e. The minimum atomic E-state index is -0.467. The summed E-state index contributed by atoms with van der Waals surface area (Å²) < 4.78 is 0. The van der Waals surface area contributed by atoms with Crippen LogP contribution in [-0.2, 0) is 0 Å². The number of carbonyl (C=O) groups is 1. The highest BCUT2D eigenvalue weighted by atomic mass is 32.1. The third-order valence-electron chi connectivity index (χ3n) is 2.75. The zero-order valence-electron chi connectivity index (χ0n) is 10.8. The molecule has 0 spiro atoms. The molecule has 7 heteroatoms. The molecule has 6 nitrogen and oxygen atoms in total. The molecule has 2 aromatic rings. The van der Waals surface area contributed by atoms with Crippen LogP contribution in [0.4, 0.5) is 10.7 Å². The lowest BCUT2D eigenvalue weighted by atomic mass is 10.0. The lowest BCUT2D eigenvalue weighted by Crippen LogP contribution is -2.23. The van der Waals surface area contributed by atoms with Crippen molar-refractivity contribution in [2.45, 2.75) is 6.92 Å². The zero-order valence-corrected chi connectivity index (χ0v) is 11.6. The van der Waals surface area contributed by atoms with Crippen molar-refractivity contribution < 1.29 is 9.72 Å². The van der Waals surface area contributed by atoms with Crippen molar-refractivity contribution >= 4 is 27.9 Å². The molecule has 0 aliphatic rings. The van der Waals surface area contributed by atoms with E-state index in [1.165, 1.54) is 23.5 Å². The number of thiophene rings is 1. The third-order valence-corrected chi connectivity index (χ3v) is 3.56. The fourth-order valence-electron chi connectivity index (χ4n) is 1.86. The molecular formula is C13H13N3O3S. The van der Waals surface area contributed by atoms with Crippen LogP contribution in [0.1, 0.15) is 17.3 Å². The molecule has 0 aliphatic heterocycles. The highest BCUT2D eigenvalue weighted by Crippen LogP contribution is 2.34. The molecule has 2 rings (SSSR count). The van der Waals surface area contributed by atoms with E-state index in [-0.39, 0.29) is 11.6 Å². The van der Waals surface area contributed by atoms with Gasteiger partial charge in [-0.1, -0.05) is 12.1 Å². The molecule has 0 saturated heterocycles. The average Bonchev–Trinajstić information content (AvgIpc) is 2.81. The van der Waals surface area contributed by atoms with E-state index >= 15 is 0 Å². The summed E-state index contributed by atoms with van der Waals surface area (Å²) in [6.07, 6.45) is 0. The van der Waals surface area contributed by atoms with Gasteiger partial charge in [0.15, 0.2) is 0 Å². The van der Waals surface area contributed by atoms with Gasteiger partial charge in [0.1, 0.15) is 0 Å². The monoisotopic (exact) mass is 291 g/mol. The second-order valence-electron chi connectivity index (χ2n) is 4.06. The summed E-state index contributed by atoms with van der Waals surface area (Å²) in [7, 11) is 0. The first-order valence-corrected chi connectivity index (χ1v) is 6.82. The van der Waals surface area contributed by atoms with E-state index in [9.17, 15) is 14.9 Å². The molecule has 0 bridgehead atoms. The van der Waals surface area contributed by atoms with E-state index in [0.717, 1.165) is 0 Å². The maximum atomic E-state index is 12.0. The molecule has 1 amide bonds. The van der Waals surface area contributed by atoms with Gasteiger partial charge < -0.3 is 11.1 Å². The fourth-order valence-corrected chi connectivity index (χ4v) is 2.67. The normalized spacial score (nSPS) is 10.2. The number of rotatable bonds is 4. The number of benzene rings is 1. The Morgan fingerprint density at radius 3 is 2.90 bits per heavy atom. The highest BCUT2D eigenvalue weighted by molar-refractivity contribution is 7.15. The first-order valence-electron chi connectivity index (χ1n) is 5.94. The molecule has 0 atom stereocenters. The topological polar surface area (TPSA) is 98.3 Å². The van der Waals surface area contributed by atoms with Crippen LogP contribution in [0.15, 0.2) is 29.6 Å². The van der Waals surface area contributed by atoms with Gasteiger partial charge in [0, 0.05) is 29.6 Å². The van der Waals surface area contributed by atoms with Gasteiger partial charge in [0.2, 0.25) is 0 Å². The quantitative estimate of drug-likeness (QED) is 0.668. The molecule has 20 heavy (non-hydrogen) atoms. The zero-order chi connectivity index (χ0) is 14.7. The van der Waals surface area contributed by atoms with Crippen LogP contribution in [0.25, 0.3) is 11.1 Å². The Labute approximate surface area is 119 Å². The smallest absolute Gasteiger partial charge is 0.270 e. The SMILES string of the molecule is CCNC(=O)c1c(-c2cccc([N+](=O)[O-])c2)csc1N. The number of hydrogen-bond acceptors (Lipinski definition) is 5. The Bertz CT molecular complexity index is 667. The molecule has 1 aromatic heterocycles. The minimum Gasteiger partial charge on any atom is -0.390 e. The van der Waals surface area contributed by atoms with Crippen molar-refractivity contribution in [3.63, 3.8) is 0 Å². The Morgan fingerprint density at radius 2 is 2.25 bits per heavy atom. The van der Waals surface area contributed by atoms with Crippen LogP contribution in [0.2, 0.25) is 0 Å². The summed E-state index contributed by atoms with van der Waals surface area (Å²) in [5.41, 5.74) is 7.40. The predicted octanol–water partition coefficient (Wildman–Crippen LogP) is 2.66. The van der Waals surface area contributed by atoms with Crippen molar-refractivity contribution in [3.8, 4) is 11.1 Å². The second-order valence-corrected chi connectivity index (χ2v) is 4.97. The molecule has 3 N–H and O–H groups in total. The Kier molecular flexibility index (Phi) is 3.99. The number of nitrogens with zero attached hydrogens (tertiary/aromatic N) is 1. The number of amides is 1. The number of nitrogen functional groups attached to an aromatic ring is 1. The van der Waals surface area contributed by atoms with Gasteiger partial charge in [0.05, 0.1) is 15.5 Å². The minimum absolute atomic E-state index is 0.0193. The van der Waals surface area contributed by atoms with Crippen molar-refractivity contribution in [1.29, 1.82) is 0 Å². The number of nitrogens with two attached hydrogens (primary N) is 1. The van der Waals surface area contributed by atoms with Gasteiger partial charge in [-0.2, -0.15) is 0 Å². The number of nitro benzene ring substituents is 1. The van der Waals surface area contributed by atoms with Crippen LogP contribution in [-0.4, -0.2) is 17.4 Å². The molecule has 1 aromatic carbocycles. The Hall–Kier alpha value is -2.41. The van der Waals surface area contributed by atoms with E-state index in [2.05, 4.69) is 5.32 Å². The van der Waals surface area contributed by atoms with E-state index in [1.54, 1.807) is 17.5 Å². The number of anilines is 1. The number of non-ortho nitro benzene ring substituents is 1. The van der Waals surface area contributed by atoms with Gasteiger partial charge >= 0.3 is 0 Å². The summed E-state index contributed by atoms with van der Waals surface area (Å²) in [6, 6.07) is 6.15. The number of nitrogens with one attached hydrogen (secondary N) is 1. The van der Waals surface area contributed by atoms with Gasteiger partial charge in [-0.15, -0.1) is 11.3 Å². The van der Waals surface area contributed by atoms with Crippen molar-refractivity contribution in [2.75, 3.05) is 12.3 Å². The van der Waals surface area contributed by atoms with Gasteiger partial charge in [-0.3, -0.25) is 14.9 Å². The highest BCUT2D eigenvalue weighted by Gasteiger charge is 2.19. The number of hydrogen-bond donors (Lipinski definition) is 2. The van der Waals surface area contributed by atoms with Crippen LogP contribution in [0.3, 0.4) is 0 Å². The standard InChI is InChI=1S/C13H13N3O3S/c1-2-15-13(17)11-10(7-20-12(11)14)8-4-3-5-9(6-8)16(18)19/h3-7H,2,14H2,1H3,(H,15,17). The first-order chi connectivity index (χ1) is 9.54.